The highest BCUT2D eigenvalue weighted by molar-refractivity contribution is 5.99. The Morgan fingerprint density at radius 1 is 1.37 bits per heavy atom. The standard InChI is InChI=1S/C16H23NO2/c1-12-6-7-15(13(2)9-12)16(19)10-17-8-4-3-5-14(17)11-18/h6-7,9,14,18H,3-5,8,10-11H2,1-2H3. The number of hydrogen-bond acceptors (Lipinski definition) is 3. The van der Waals surface area contributed by atoms with E-state index in [0.29, 0.717) is 6.54 Å². The normalized spacial score (nSPS) is 20.5. The number of piperidine rings is 1. The number of aliphatic hydroxyl groups excluding tert-OH is 1. The first-order valence-electron chi connectivity index (χ1n) is 7.07. The lowest BCUT2D eigenvalue weighted by Crippen LogP contribution is -2.44. The second-order valence-electron chi connectivity index (χ2n) is 5.54. The second kappa shape index (κ2) is 6.31. The fourth-order valence-electron chi connectivity index (χ4n) is 2.87. The van der Waals surface area contributed by atoms with E-state index in [1.807, 2.05) is 32.0 Å². The number of aryl methyl sites for hydroxylation is 2. The summed E-state index contributed by atoms with van der Waals surface area (Å²) in [5, 5.41) is 9.38. The van der Waals surface area contributed by atoms with Crippen LogP contribution in [0.2, 0.25) is 0 Å². The molecule has 1 heterocycles. The van der Waals surface area contributed by atoms with E-state index >= 15 is 0 Å². The highest BCUT2D eigenvalue weighted by atomic mass is 16.3. The number of carbonyl (C=O) groups is 1. The summed E-state index contributed by atoms with van der Waals surface area (Å²) in [5.41, 5.74) is 3.04. The van der Waals surface area contributed by atoms with Gasteiger partial charge in [-0.1, -0.05) is 30.2 Å². The van der Waals surface area contributed by atoms with Crippen LogP contribution in [0.25, 0.3) is 0 Å². The summed E-state index contributed by atoms with van der Waals surface area (Å²) in [7, 11) is 0. The van der Waals surface area contributed by atoms with Crippen molar-refractivity contribution in [2.24, 2.45) is 0 Å². The van der Waals surface area contributed by atoms with Gasteiger partial charge in [0.2, 0.25) is 0 Å². The van der Waals surface area contributed by atoms with Gasteiger partial charge < -0.3 is 5.11 Å². The minimum Gasteiger partial charge on any atom is -0.395 e. The fourth-order valence-corrected chi connectivity index (χ4v) is 2.87. The highest BCUT2D eigenvalue weighted by Gasteiger charge is 2.24. The molecule has 0 aromatic heterocycles. The molecule has 104 valence electrons. The van der Waals surface area contributed by atoms with Crippen molar-refractivity contribution in [2.45, 2.75) is 39.2 Å². The van der Waals surface area contributed by atoms with Crippen LogP contribution in [0.4, 0.5) is 0 Å². The first-order chi connectivity index (χ1) is 9.11. The summed E-state index contributed by atoms with van der Waals surface area (Å²) >= 11 is 0. The van der Waals surface area contributed by atoms with Gasteiger partial charge in [0.25, 0.3) is 0 Å². The van der Waals surface area contributed by atoms with E-state index < -0.39 is 0 Å². The van der Waals surface area contributed by atoms with Crippen LogP contribution in [-0.4, -0.2) is 41.5 Å². The van der Waals surface area contributed by atoms with Gasteiger partial charge >= 0.3 is 0 Å². The number of aliphatic hydroxyl groups is 1. The van der Waals surface area contributed by atoms with Gasteiger partial charge in [-0.25, -0.2) is 0 Å². The third kappa shape index (κ3) is 3.43. The topological polar surface area (TPSA) is 40.5 Å². The summed E-state index contributed by atoms with van der Waals surface area (Å²) in [6.07, 6.45) is 3.27. The molecule has 1 N–H and O–H groups in total. The summed E-state index contributed by atoms with van der Waals surface area (Å²) in [5.74, 6) is 0.165. The van der Waals surface area contributed by atoms with E-state index in [1.54, 1.807) is 0 Å². The molecular weight excluding hydrogens is 238 g/mol. The number of benzene rings is 1. The largest absolute Gasteiger partial charge is 0.395 e. The fraction of sp³-hybridized carbons (Fsp3) is 0.562. The van der Waals surface area contributed by atoms with E-state index in [0.717, 1.165) is 36.9 Å². The number of Topliss-reactive ketones (excluding diaryl/α,β-unsaturated/α-hetero) is 1. The maximum atomic E-state index is 12.4. The smallest absolute Gasteiger partial charge is 0.177 e. The van der Waals surface area contributed by atoms with Gasteiger partial charge in [0, 0.05) is 11.6 Å². The second-order valence-corrected chi connectivity index (χ2v) is 5.54. The Balaban J connectivity index is 2.07. The summed E-state index contributed by atoms with van der Waals surface area (Å²) in [6.45, 7) is 5.52. The molecule has 2 rings (SSSR count). The predicted molar refractivity (Wildman–Crippen MR) is 76.5 cm³/mol. The zero-order chi connectivity index (χ0) is 13.8. The van der Waals surface area contributed by atoms with Gasteiger partial charge in [0.15, 0.2) is 5.78 Å². The van der Waals surface area contributed by atoms with Crippen LogP contribution >= 0.6 is 0 Å². The van der Waals surface area contributed by atoms with Crippen molar-refractivity contribution in [3.63, 3.8) is 0 Å². The SMILES string of the molecule is Cc1ccc(C(=O)CN2CCCCC2CO)c(C)c1. The number of carbonyl (C=O) groups excluding carboxylic acids is 1. The highest BCUT2D eigenvalue weighted by Crippen LogP contribution is 2.18. The van der Waals surface area contributed by atoms with Gasteiger partial charge in [0.05, 0.1) is 13.2 Å². The van der Waals surface area contributed by atoms with E-state index in [2.05, 4.69) is 4.90 Å². The molecule has 1 atom stereocenters. The summed E-state index contributed by atoms with van der Waals surface area (Å²) in [4.78, 5) is 14.5. The molecule has 1 aromatic rings. The Hall–Kier alpha value is -1.19. The zero-order valence-corrected chi connectivity index (χ0v) is 11.9. The first-order valence-corrected chi connectivity index (χ1v) is 7.07. The van der Waals surface area contributed by atoms with Gasteiger partial charge in [-0.2, -0.15) is 0 Å². The van der Waals surface area contributed by atoms with Crippen LogP contribution < -0.4 is 0 Å². The third-order valence-electron chi connectivity index (χ3n) is 3.99. The minimum atomic E-state index is 0.153. The predicted octanol–water partition coefficient (Wildman–Crippen LogP) is 2.33. The Labute approximate surface area is 115 Å². The van der Waals surface area contributed by atoms with Crippen molar-refractivity contribution in [1.29, 1.82) is 0 Å². The van der Waals surface area contributed by atoms with E-state index in [9.17, 15) is 9.90 Å². The number of hydrogen-bond donors (Lipinski definition) is 1. The Morgan fingerprint density at radius 2 is 2.16 bits per heavy atom. The molecule has 0 saturated carbocycles. The maximum Gasteiger partial charge on any atom is 0.177 e. The average molecular weight is 261 g/mol. The van der Waals surface area contributed by atoms with Crippen molar-refractivity contribution in [3.05, 3.63) is 34.9 Å². The van der Waals surface area contributed by atoms with Crippen LogP contribution in [0.5, 0.6) is 0 Å². The quantitative estimate of drug-likeness (QED) is 0.846. The third-order valence-corrected chi connectivity index (χ3v) is 3.99. The first kappa shape index (κ1) is 14.2. The molecule has 0 bridgehead atoms. The Kier molecular flexibility index (Phi) is 4.72. The van der Waals surface area contributed by atoms with E-state index in [1.165, 1.54) is 5.56 Å². The van der Waals surface area contributed by atoms with Crippen molar-refractivity contribution in [2.75, 3.05) is 19.7 Å². The molecule has 1 fully saturated rings. The Bertz CT molecular complexity index is 456. The average Bonchev–Trinajstić information content (AvgIpc) is 2.39. The molecule has 0 aliphatic carbocycles. The molecule has 0 radical (unpaired) electrons. The molecular formula is C16H23NO2. The van der Waals surface area contributed by atoms with Gasteiger partial charge in [-0.05, 0) is 38.8 Å². The molecule has 0 spiro atoms. The lowest BCUT2D eigenvalue weighted by Gasteiger charge is -2.34. The van der Waals surface area contributed by atoms with Crippen LogP contribution in [-0.2, 0) is 0 Å². The van der Waals surface area contributed by atoms with Crippen LogP contribution in [0.1, 0.15) is 40.7 Å². The number of nitrogens with zero attached hydrogens (tertiary/aromatic N) is 1. The zero-order valence-electron chi connectivity index (χ0n) is 11.9. The monoisotopic (exact) mass is 261 g/mol. The number of rotatable bonds is 4. The van der Waals surface area contributed by atoms with E-state index in [4.69, 9.17) is 0 Å². The van der Waals surface area contributed by atoms with Gasteiger partial charge in [-0.3, -0.25) is 9.69 Å². The molecule has 3 heteroatoms. The molecule has 1 aliphatic rings. The molecule has 0 amide bonds. The Morgan fingerprint density at radius 3 is 2.84 bits per heavy atom. The van der Waals surface area contributed by atoms with Crippen molar-refractivity contribution < 1.29 is 9.90 Å². The number of ketones is 1. The van der Waals surface area contributed by atoms with Crippen molar-refractivity contribution in [1.82, 2.24) is 4.90 Å². The van der Waals surface area contributed by atoms with Crippen LogP contribution in [0, 0.1) is 13.8 Å². The van der Waals surface area contributed by atoms with Gasteiger partial charge in [-0.15, -0.1) is 0 Å². The molecule has 3 nitrogen and oxygen atoms in total. The molecule has 1 aromatic carbocycles. The molecule has 1 unspecified atom stereocenters. The maximum absolute atomic E-state index is 12.4. The minimum absolute atomic E-state index is 0.153. The summed E-state index contributed by atoms with van der Waals surface area (Å²) < 4.78 is 0. The van der Waals surface area contributed by atoms with Crippen LogP contribution in [0.15, 0.2) is 18.2 Å². The lowest BCUT2D eigenvalue weighted by molar-refractivity contribution is 0.0711. The van der Waals surface area contributed by atoms with E-state index in [-0.39, 0.29) is 18.4 Å². The number of likely N-dealkylation sites (tertiary alicyclic amines) is 1. The van der Waals surface area contributed by atoms with Crippen LogP contribution in [0.3, 0.4) is 0 Å². The molecule has 1 saturated heterocycles. The van der Waals surface area contributed by atoms with Crippen molar-refractivity contribution >= 4 is 5.78 Å². The van der Waals surface area contributed by atoms with Gasteiger partial charge in [0.1, 0.15) is 0 Å². The molecule has 19 heavy (non-hydrogen) atoms. The molecule has 1 aliphatic heterocycles. The van der Waals surface area contributed by atoms with Crippen molar-refractivity contribution in [3.8, 4) is 0 Å². The lowest BCUT2D eigenvalue weighted by atomic mass is 9.99. The summed E-state index contributed by atoms with van der Waals surface area (Å²) in [6, 6.07) is 6.11.